The van der Waals surface area contributed by atoms with Gasteiger partial charge in [-0.2, -0.15) is 0 Å². The lowest BCUT2D eigenvalue weighted by atomic mass is 9.72. The van der Waals surface area contributed by atoms with Crippen LogP contribution in [0.3, 0.4) is 0 Å². The van der Waals surface area contributed by atoms with Crippen molar-refractivity contribution in [1.29, 1.82) is 0 Å². The Labute approximate surface area is 181 Å². The van der Waals surface area contributed by atoms with E-state index in [2.05, 4.69) is 29.7 Å². The minimum Gasteiger partial charge on any atom is -0.396 e. The van der Waals surface area contributed by atoms with E-state index >= 15 is 0 Å². The molecular formula is C21H36IN3O2. The van der Waals surface area contributed by atoms with Crippen LogP contribution in [0.15, 0.2) is 35.3 Å². The molecule has 1 unspecified atom stereocenters. The van der Waals surface area contributed by atoms with E-state index in [0.29, 0.717) is 6.54 Å². The fourth-order valence-corrected chi connectivity index (χ4v) is 3.81. The maximum atomic E-state index is 9.49. The molecule has 0 saturated heterocycles. The van der Waals surface area contributed by atoms with Gasteiger partial charge in [0.2, 0.25) is 0 Å². The maximum absolute atomic E-state index is 9.49. The summed E-state index contributed by atoms with van der Waals surface area (Å²) in [5.41, 5.74) is 1.32. The predicted molar refractivity (Wildman–Crippen MR) is 123 cm³/mol. The number of ether oxygens (including phenoxy) is 1. The van der Waals surface area contributed by atoms with Gasteiger partial charge in [0.15, 0.2) is 5.96 Å². The molecule has 1 fully saturated rings. The summed E-state index contributed by atoms with van der Waals surface area (Å²) in [5.74, 6) is 0.827. The van der Waals surface area contributed by atoms with Crippen molar-refractivity contribution in [3.8, 4) is 0 Å². The minimum absolute atomic E-state index is 0. The first-order chi connectivity index (χ1) is 12.7. The molecule has 2 rings (SSSR count). The third-order valence-electron chi connectivity index (χ3n) is 5.38. The summed E-state index contributed by atoms with van der Waals surface area (Å²) in [6.07, 6.45) is 6.98. The number of nitrogens with one attached hydrogen (secondary N) is 2. The third kappa shape index (κ3) is 7.95. The molecule has 154 valence electrons. The lowest BCUT2D eigenvalue weighted by Gasteiger charge is -2.35. The fraction of sp³-hybridized carbons (Fsp3) is 0.667. The van der Waals surface area contributed by atoms with Crippen LogP contribution in [0.25, 0.3) is 0 Å². The molecule has 0 aromatic heterocycles. The summed E-state index contributed by atoms with van der Waals surface area (Å²) < 4.78 is 5.64. The Kier molecular flexibility index (Phi) is 11.9. The van der Waals surface area contributed by atoms with Gasteiger partial charge in [-0.1, -0.05) is 49.6 Å². The topological polar surface area (TPSA) is 65.9 Å². The number of nitrogens with zero attached hydrogens (tertiary/aromatic N) is 1. The van der Waals surface area contributed by atoms with Gasteiger partial charge in [-0.25, -0.2) is 0 Å². The number of methoxy groups -OCH3 is 1. The van der Waals surface area contributed by atoms with Crippen molar-refractivity contribution in [2.45, 2.75) is 51.6 Å². The van der Waals surface area contributed by atoms with Gasteiger partial charge in [-0.3, -0.25) is 4.99 Å². The van der Waals surface area contributed by atoms with E-state index in [9.17, 15) is 5.11 Å². The number of hydrogen-bond acceptors (Lipinski definition) is 3. The van der Waals surface area contributed by atoms with Crippen LogP contribution in [0.2, 0.25) is 0 Å². The molecule has 0 amide bonds. The largest absolute Gasteiger partial charge is 0.396 e. The highest BCUT2D eigenvalue weighted by molar-refractivity contribution is 14.0. The molecule has 1 aromatic rings. The molecule has 1 aromatic carbocycles. The number of aliphatic hydroxyl groups is 1. The van der Waals surface area contributed by atoms with Crippen molar-refractivity contribution in [2.75, 3.05) is 33.4 Å². The van der Waals surface area contributed by atoms with Crippen molar-refractivity contribution in [2.24, 2.45) is 10.4 Å². The third-order valence-corrected chi connectivity index (χ3v) is 5.38. The summed E-state index contributed by atoms with van der Waals surface area (Å²) in [6.45, 7) is 4.58. The molecule has 0 aliphatic heterocycles. The monoisotopic (exact) mass is 489 g/mol. The summed E-state index contributed by atoms with van der Waals surface area (Å²) in [4.78, 5) is 4.86. The van der Waals surface area contributed by atoms with Gasteiger partial charge < -0.3 is 20.5 Å². The average molecular weight is 489 g/mol. The van der Waals surface area contributed by atoms with Crippen molar-refractivity contribution >= 4 is 29.9 Å². The molecule has 5 nitrogen and oxygen atoms in total. The van der Waals surface area contributed by atoms with Gasteiger partial charge in [0.1, 0.15) is 0 Å². The van der Waals surface area contributed by atoms with Crippen LogP contribution in [0.5, 0.6) is 0 Å². The number of guanidine groups is 1. The van der Waals surface area contributed by atoms with Crippen LogP contribution in [0.1, 0.15) is 57.1 Å². The fourth-order valence-electron chi connectivity index (χ4n) is 3.81. The molecule has 1 saturated carbocycles. The summed E-state index contributed by atoms with van der Waals surface area (Å²) in [5, 5.41) is 16.2. The summed E-state index contributed by atoms with van der Waals surface area (Å²) in [6, 6.07) is 10.2. The highest BCUT2D eigenvalue weighted by Gasteiger charge is 2.31. The van der Waals surface area contributed by atoms with Crippen LogP contribution < -0.4 is 10.6 Å². The molecule has 1 aliphatic carbocycles. The van der Waals surface area contributed by atoms with Crippen LogP contribution in [0.4, 0.5) is 0 Å². The molecule has 0 spiro atoms. The van der Waals surface area contributed by atoms with Crippen LogP contribution in [-0.2, 0) is 4.74 Å². The van der Waals surface area contributed by atoms with Crippen LogP contribution in [-0.4, -0.2) is 44.4 Å². The van der Waals surface area contributed by atoms with E-state index in [1.807, 2.05) is 18.2 Å². The Morgan fingerprint density at radius 3 is 2.48 bits per heavy atom. The van der Waals surface area contributed by atoms with E-state index in [0.717, 1.165) is 31.0 Å². The van der Waals surface area contributed by atoms with Gasteiger partial charge in [-0.05, 0) is 37.2 Å². The van der Waals surface area contributed by atoms with E-state index in [4.69, 9.17) is 9.73 Å². The minimum atomic E-state index is -0.0128. The molecule has 1 aliphatic rings. The van der Waals surface area contributed by atoms with Crippen LogP contribution in [0, 0.1) is 5.41 Å². The average Bonchev–Trinajstić information content (AvgIpc) is 2.68. The zero-order chi connectivity index (χ0) is 18.7. The molecule has 3 N–H and O–H groups in total. The van der Waals surface area contributed by atoms with E-state index in [1.165, 1.54) is 32.1 Å². The Morgan fingerprint density at radius 1 is 1.19 bits per heavy atom. The number of halogens is 1. The maximum Gasteiger partial charge on any atom is 0.191 e. The number of hydrogen-bond donors (Lipinski definition) is 3. The Hall–Kier alpha value is -0.860. The summed E-state index contributed by atoms with van der Waals surface area (Å²) in [7, 11) is 1.74. The second kappa shape index (κ2) is 13.3. The zero-order valence-electron chi connectivity index (χ0n) is 16.7. The normalized spacial score (nSPS) is 17.7. The second-order valence-corrected chi connectivity index (χ2v) is 7.25. The Balaban J connectivity index is 0.00000364. The smallest absolute Gasteiger partial charge is 0.191 e. The molecule has 6 heteroatoms. The molecule has 27 heavy (non-hydrogen) atoms. The van der Waals surface area contributed by atoms with Gasteiger partial charge in [0.05, 0.1) is 6.10 Å². The van der Waals surface area contributed by atoms with Gasteiger partial charge >= 0.3 is 0 Å². The first-order valence-electron chi connectivity index (χ1n) is 9.94. The SMILES string of the molecule is CCNC(=NCC1(CCO)CCCCC1)NCC(OC)c1ccccc1.I. The van der Waals surface area contributed by atoms with Crippen molar-refractivity contribution in [1.82, 2.24) is 10.6 Å². The highest BCUT2D eigenvalue weighted by atomic mass is 127. The molecule has 1 atom stereocenters. The number of aliphatic hydroxyl groups excluding tert-OH is 1. The quantitative estimate of drug-likeness (QED) is 0.280. The molecular weight excluding hydrogens is 453 g/mol. The van der Waals surface area contributed by atoms with E-state index in [1.54, 1.807) is 7.11 Å². The first kappa shape index (κ1) is 24.2. The predicted octanol–water partition coefficient (Wildman–Crippen LogP) is 3.88. The highest BCUT2D eigenvalue weighted by Crippen LogP contribution is 2.39. The van der Waals surface area contributed by atoms with Gasteiger partial charge in [-0.15, -0.1) is 24.0 Å². The Bertz CT molecular complexity index is 528. The lowest BCUT2D eigenvalue weighted by Crippen LogP contribution is -2.41. The molecule has 0 heterocycles. The van der Waals surface area contributed by atoms with Crippen molar-refractivity contribution in [3.05, 3.63) is 35.9 Å². The number of rotatable bonds is 9. The molecule has 0 radical (unpaired) electrons. The second-order valence-electron chi connectivity index (χ2n) is 7.25. The standard InChI is InChI=1S/C21H35N3O2.HI/c1-3-22-20(23-16-19(26-2)18-10-6-4-7-11-18)24-17-21(14-15-25)12-8-5-9-13-21;/h4,6-7,10-11,19,25H,3,5,8-9,12-17H2,1-2H3,(H2,22,23,24);1H. The van der Waals surface area contributed by atoms with E-state index in [-0.39, 0.29) is 42.1 Å². The Morgan fingerprint density at radius 2 is 1.89 bits per heavy atom. The van der Waals surface area contributed by atoms with Gasteiger partial charge in [0, 0.05) is 33.4 Å². The van der Waals surface area contributed by atoms with Crippen molar-refractivity contribution < 1.29 is 9.84 Å². The summed E-state index contributed by atoms with van der Waals surface area (Å²) >= 11 is 0. The van der Waals surface area contributed by atoms with Crippen LogP contribution >= 0.6 is 24.0 Å². The number of benzene rings is 1. The van der Waals surface area contributed by atoms with E-state index < -0.39 is 0 Å². The molecule has 0 bridgehead atoms. The lowest BCUT2D eigenvalue weighted by molar-refractivity contribution is 0.106. The first-order valence-corrected chi connectivity index (χ1v) is 9.94. The van der Waals surface area contributed by atoms with Gasteiger partial charge in [0.25, 0.3) is 0 Å². The van der Waals surface area contributed by atoms with Crippen molar-refractivity contribution in [3.63, 3.8) is 0 Å². The zero-order valence-corrected chi connectivity index (χ0v) is 19.1. The number of aliphatic imine (C=N–C) groups is 1.